The van der Waals surface area contributed by atoms with Crippen LogP contribution in [0.5, 0.6) is 0 Å². The number of fused-ring (bicyclic) bond motifs is 3. The Kier molecular flexibility index (Phi) is 4.67. The largest absolute Gasteiger partial charge is 0.379 e. The molecule has 1 unspecified atom stereocenters. The first-order chi connectivity index (χ1) is 13.5. The molecule has 0 amide bonds. The highest BCUT2D eigenvalue weighted by molar-refractivity contribution is 6.31. The molecule has 0 radical (unpaired) electrons. The van der Waals surface area contributed by atoms with Crippen molar-refractivity contribution in [1.82, 2.24) is 9.55 Å². The lowest BCUT2D eigenvalue weighted by molar-refractivity contribution is 0.119. The molecular weight excluding hydrogens is 378 g/mol. The smallest absolute Gasteiger partial charge is 0.258 e. The maximum absolute atomic E-state index is 12.8. The number of aryl methyl sites for hydroxylation is 1. The maximum Gasteiger partial charge on any atom is 0.258 e. The number of nitriles is 1. The number of anilines is 3. The van der Waals surface area contributed by atoms with Crippen LogP contribution in [-0.2, 0) is 18.4 Å². The van der Waals surface area contributed by atoms with Gasteiger partial charge >= 0.3 is 0 Å². The number of pyridine rings is 2. The van der Waals surface area contributed by atoms with Gasteiger partial charge < -0.3 is 19.9 Å². The first-order valence-electron chi connectivity index (χ1n) is 8.81. The Balaban J connectivity index is 1.88. The van der Waals surface area contributed by atoms with E-state index < -0.39 is 0 Å². The van der Waals surface area contributed by atoms with Gasteiger partial charge in [0.2, 0.25) is 0 Å². The highest BCUT2D eigenvalue weighted by atomic mass is 35.5. The standard InChI is InChI=1S/C20H18ClN5O2/c1-11-9-28-10-15-18(24-11)13-7-12(3-4-17(13)26(2)20(15)27)25-16-5-6-23-19(21)14(16)8-22/h3-7,11,24H,9-10H2,1-2H3,(H,23,25). The van der Waals surface area contributed by atoms with E-state index in [1.54, 1.807) is 23.9 Å². The monoisotopic (exact) mass is 395 g/mol. The summed E-state index contributed by atoms with van der Waals surface area (Å²) in [5, 5.41) is 17.0. The third-order valence-corrected chi connectivity index (χ3v) is 5.08. The number of nitrogens with zero attached hydrogens (tertiary/aromatic N) is 3. The molecule has 0 saturated heterocycles. The van der Waals surface area contributed by atoms with Gasteiger partial charge in [0.15, 0.2) is 0 Å². The van der Waals surface area contributed by atoms with Gasteiger partial charge in [-0.05, 0) is 31.2 Å². The van der Waals surface area contributed by atoms with Crippen LogP contribution in [0.25, 0.3) is 10.9 Å². The van der Waals surface area contributed by atoms with E-state index in [1.807, 2.05) is 25.1 Å². The summed E-state index contributed by atoms with van der Waals surface area (Å²) >= 11 is 6.02. The van der Waals surface area contributed by atoms with Gasteiger partial charge in [-0.25, -0.2) is 4.98 Å². The highest BCUT2D eigenvalue weighted by Crippen LogP contribution is 2.32. The minimum absolute atomic E-state index is 0.0718. The number of rotatable bonds is 2. The van der Waals surface area contributed by atoms with Crippen molar-refractivity contribution >= 4 is 39.6 Å². The van der Waals surface area contributed by atoms with Crippen LogP contribution in [0.2, 0.25) is 5.15 Å². The molecule has 4 rings (SSSR count). The van der Waals surface area contributed by atoms with Crippen molar-refractivity contribution < 1.29 is 4.74 Å². The summed E-state index contributed by atoms with van der Waals surface area (Å²) in [6.45, 7) is 2.81. The second-order valence-corrected chi connectivity index (χ2v) is 7.13. The molecule has 142 valence electrons. The predicted octanol–water partition coefficient (Wildman–Crippen LogP) is 3.53. The minimum Gasteiger partial charge on any atom is -0.379 e. The molecule has 3 aromatic rings. The van der Waals surface area contributed by atoms with E-state index in [0.29, 0.717) is 17.9 Å². The molecule has 7 nitrogen and oxygen atoms in total. The van der Waals surface area contributed by atoms with Gasteiger partial charge in [-0.3, -0.25) is 4.79 Å². The molecule has 1 aliphatic rings. The molecule has 2 aromatic heterocycles. The number of ether oxygens (including phenoxy) is 1. The molecule has 8 heteroatoms. The number of hydrogen-bond donors (Lipinski definition) is 2. The normalized spacial score (nSPS) is 16.0. The molecule has 0 spiro atoms. The van der Waals surface area contributed by atoms with E-state index in [2.05, 4.69) is 21.7 Å². The lowest BCUT2D eigenvalue weighted by atomic mass is 10.1. The molecule has 1 aromatic carbocycles. The van der Waals surface area contributed by atoms with Crippen molar-refractivity contribution in [2.45, 2.75) is 19.6 Å². The van der Waals surface area contributed by atoms with Crippen molar-refractivity contribution in [3.63, 3.8) is 0 Å². The number of hydrogen-bond acceptors (Lipinski definition) is 6. The van der Waals surface area contributed by atoms with Crippen LogP contribution in [0.15, 0.2) is 35.3 Å². The number of halogens is 1. The second-order valence-electron chi connectivity index (χ2n) is 6.77. The Bertz CT molecular complexity index is 1180. The van der Waals surface area contributed by atoms with E-state index in [0.717, 1.165) is 22.3 Å². The fraction of sp³-hybridized carbons (Fsp3) is 0.250. The molecule has 0 aliphatic carbocycles. The van der Waals surface area contributed by atoms with Crippen molar-refractivity contribution in [3.05, 3.63) is 57.1 Å². The summed E-state index contributed by atoms with van der Waals surface area (Å²) in [5.41, 5.74) is 3.76. The Morgan fingerprint density at radius 2 is 2.25 bits per heavy atom. The molecule has 1 atom stereocenters. The fourth-order valence-corrected chi connectivity index (χ4v) is 3.62. The summed E-state index contributed by atoms with van der Waals surface area (Å²) in [6, 6.07) is 9.55. The van der Waals surface area contributed by atoms with Gasteiger partial charge in [-0.1, -0.05) is 11.6 Å². The summed E-state index contributed by atoms with van der Waals surface area (Å²) < 4.78 is 7.27. The van der Waals surface area contributed by atoms with Gasteiger partial charge in [-0.2, -0.15) is 5.26 Å². The molecular formula is C20H18ClN5O2. The average Bonchev–Trinajstić information content (AvgIpc) is 2.88. The van der Waals surface area contributed by atoms with E-state index in [4.69, 9.17) is 16.3 Å². The number of aromatic nitrogens is 2. The Labute approximate surface area is 166 Å². The van der Waals surface area contributed by atoms with Crippen LogP contribution in [-0.4, -0.2) is 22.2 Å². The SMILES string of the molecule is CC1COCc2c(c3cc(Nc4ccnc(Cl)c4C#N)ccc3n(C)c2=O)N1. The lowest BCUT2D eigenvalue weighted by Gasteiger charge is -2.18. The summed E-state index contributed by atoms with van der Waals surface area (Å²) in [7, 11) is 1.75. The minimum atomic E-state index is -0.0718. The van der Waals surface area contributed by atoms with Crippen LogP contribution < -0.4 is 16.2 Å². The zero-order valence-electron chi connectivity index (χ0n) is 15.4. The highest BCUT2D eigenvalue weighted by Gasteiger charge is 2.20. The van der Waals surface area contributed by atoms with E-state index in [-0.39, 0.29) is 28.9 Å². The molecule has 3 heterocycles. The average molecular weight is 396 g/mol. The van der Waals surface area contributed by atoms with Gasteiger partial charge in [0.05, 0.1) is 35.7 Å². The van der Waals surface area contributed by atoms with Gasteiger partial charge in [0.1, 0.15) is 16.8 Å². The van der Waals surface area contributed by atoms with Crippen LogP contribution >= 0.6 is 11.6 Å². The van der Waals surface area contributed by atoms with Crippen LogP contribution in [0, 0.1) is 11.3 Å². The molecule has 2 N–H and O–H groups in total. The van der Waals surface area contributed by atoms with Gasteiger partial charge in [0, 0.05) is 30.4 Å². The molecule has 0 bridgehead atoms. The third kappa shape index (κ3) is 3.07. The van der Waals surface area contributed by atoms with E-state index >= 15 is 0 Å². The summed E-state index contributed by atoms with van der Waals surface area (Å²) in [4.78, 5) is 16.7. The first kappa shape index (κ1) is 18.3. The zero-order valence-corrected chi connectivity index (χ0v) is 16.2. The second kappa shape index (κ2) is 7.15. The Morgan fingerprint density at radius 3 is 3.04 bits per heavy atom. The summed E-state index contributed by atoms with van der Waals surface area (Å²) in [5.74, 6) is 0. The maximum atomic E-state index is 12.8. The van der Waals surface area contributed by atoms with Crippen molar-refractivity contribution in [2.75, 3.05) is 17.2 Å². The quantitative estimate of drug-likeness (QED) is 0.645. The summed E-state index contributed by atoms with van der Waals surface area (Å²) in [6.07, 6.45) is 1.54. The molecule has 0 saturated carbocycles. The molecule has 28 heavy (non-hydrogen) atoms. The number of benzene rings is 1. The Morgan fingerprint density at radius 1 is 1.43 bits per heavy atom. The third-order valence-electron chi connectivity index (χ3n) is 4.79. The van der Waals surface area contributed by atoms with Crippen LogP contribution in [0.3, 0.4) is 0 Å². The molecule has 0 fully saturated rings. The lowest BCUT2D eigenvalue weighted by Crippen LogP contribution is -2.24. The van der Waals surface area contributed by atoms with Crippen LogP contribution in [0.4, 0.5) is 17.1 Å². The van der Waals surface area contributed by atoms with E-state index in [9.17, 15) is 10.1 Å². The first-order valence-corrected chi connectivity index (χ1v) is 9.19. The van der Waals surface area contributed by atoms with Gasteiger partial charge in [0.25, 0.3) is 5.56 Å². The molecule has 1 aliphatic heterocycles. The van der Waals surface area contributed by atoms with Crippen molar-refractivity contribution in [3.8, 4) is 6.07 Å². The topological polar surface area (TPSA) is 92.0 Å². The van der Waals surface area contributed by atoms with Crippen molar-refractivity contribution in [1.29, 1.82) is 5.26 Å². The Hall–Kier alpha value is -3.08. The van der Waals surface area contributed by atoms with Crippen molar-refractivity contribution in [2.24, 2.45) is 7.05 Å². The fourth-order valence-electron chi connectivity index (χ4n) is 3.41. The van der Waals surface area contributed by atoms with Crippen LogP contribution in [0.1, 0.15) is 18.1 Å². The van der Waals surface area contributed by atoms with Gasteiger partial charge in [-0.15, -0.1) is 0 Å². The zero-order chi connectivity index (χ0) is 19.8. The predicted molar refractivity (Wildman–Crippen MR) is 109 cm³/mol. The van der Waals surface area contributed by atoms with E-state index in [1.165, 1.54) is 0 Å². The number of nitrogens with one attached hydrogen (secondary N) is 2.